The van der Waals surface area contributed by atoms with Gasteiger partial charge in [-0.3, -0.25) is 4.18 Å². The number of fused-ring (bicyclic) bond motifs is 3. The fourth-order valence-electron chi connectivity index (χ4n) is 5.86. The van der Waals surface area contributed by atoms with E-state index < -0.39 is 15.9 Å². The molecule has 3 saturated heterocycles. The SMILES string of the molecule is CS(=O)(=O)OCCC1CC[C@@H]2OC3CC2(C[C@H]2OC4(CCCCC4)OC32)O1. The summed E-state index contributed by atoms with van der Waals surface area (Å²) in [4.78, 5) is 0. The molecular weight excluding hydrogens is 372 g/mol. The van der Waals surface area contributed by atoms with Crippen LogP contribution in [-0.2, 0) is 33.2 Å². The molecule has 5 fully saturated rings. The molecule has 2 bridgehead atoms. The fourth-order valence-corrected chi connectivity index (χ4v) is 6.26. The van der Waals surface area contributed by atoms with Crippen molar-refractivity contribution in [1.29, 1.82) is 0 Å². The van der Waals surface area contributed by atoms with E-state index in [4.69, 9.17) is 23.1 Å². The lowest BCUT2D eigenvalue weighted by molar-refractivity contribution is -0.215. The standard InChI is InChI=1S/C19H30O7S/c1-27(20,21)22-10-7-13-5-6-16-18(24-13)11-14(23-16)17-15(12-18)25-19(26-17)8-3-2-4-9-19/h13-17H,2-12H2,1H3/t13?,14?,15-,16+,17?,18?/m1/s1. The highest BCUT2D eigenvalue weighted by Crippen LogP contribution is 2.55. The summed E-state index contributed by atoms with van der Waals surface area (Å²) < 4.78 is 53.1. The summed E-state index contributed by atoms with van der Waals surface area (Å²) in [7, 11) is -3.41. The van der Waals surface area contributed by atoms with E-state index in [1.54, 1.807) is 0 Å². The minimum atomic E-state index is -3.41. The van der Waals surface area contributed by atoms with E-state index in [1.807, 2.05) is 0 Å². The van der Waals surface area contributed by atoms with Crippen LogP contribution in [0.3, 0.4) is 0 Å². The third kappa shape index (κ3) is 3.46. The fraction of sp³-hybridized carbons (Fsp3) is 1.00. The van der Waals surface area contributed by atoms with Gasteiger partial charge < -0.3 is 18.9 Å². The van der Waals surface area contributed by atoms with Crippen molar-refractivity contribution in [3.63, 3.8) is 0 Å². The van der Waals surface area contributed by atoms with Gasteiger partial charge in [0, 0.05) is 25.7 Å². The van der Waals surface area contributed by atoms with Gasteiger partial charge in [0.25, 0.3) is 10.1 Å². The summed E-state index contributed by atoms with van der Waals surface area (Å²) in [5, 5.41) is 0. The zero-order chi connectivity index (χ0) is 18.7. The van der Waals surface area contributed by atoms with E-state index in [0.717, 1.165) is 57.6 Å². The first-order valence-electron chi connectivity index (χ1n) is 10.4. The lowest BCUT2D eigenvalue weighted by atomic mass is 9.76. The Kier molecular flexibility index (Phi) is 4.61. The molecule has 3 aliphatic heterocycles. The van der Waals surface area contributed by atoms with E-state index in [0.29, 0.717) is 6.42 Å². The smallest absolute Gasteiger partial charge is 0.264 e. The molecule has 0 radical (unpaired) electrons. The summed E-state index contributed by atoms with van der Waals surface area (Å²) in [6.07, 6.45) is 10.9. The Balaban J connectivity index is 1.26. The summed E-state index contributed by atoms with van der Waals surface area (Å²) in [6.45, 7) is 0.170. The van der Waals surface area contributed by atoms with Gasteiger partial charge in [0.1, 0.15) is 6.10 Å². The van der Waals surface area contributed by atoms with Crippen molar-refractivity contribution in [3.05, 3.63) is 0 Å². The van der Waals surface area contributed by atoms with Crippen LogP contribution in [0.15, 0.2) is 0 Å². The van der Waals surface area contributed by atoms with Crippen molar-refractivity contribution < 1.29 is 31.5 Å². The van der Waals surface area contributed by atoms with E-state index in [9.17, 15) is 8.42 Å². The molecule has 27 heavy (non-hydrogen) atoms. The molecule has 0 N–H and O–H groups in total. The van der Waals surface area contributed by atoms with E-state index in [1.165, 1.54) is 6.42 Å². The number of hydrogen-bond acceptors (Lipinski definition) is 7. The van der Waals surface area contributed by atoms with Gasteiger partial charge in [-0.1, -0.05) is 6.42 Å². The lowest BCUT2D eigenvalue weighted by Crippen LogP contribution is -2.53. The monoisotopic (exact) mass is 402 g/mol. The van der Waals surface area contributed by atoms with Crippen molar-refractivity contribution in [2.24, 2.45) is 0 Å². The first-order chi connectivity index (χ1) is 12.9. The molecule has 3 heterocycles. The first-order valence-corrected chi connectivity index (χ1v) is 12.2. The van der Waals surface area contributed by atoms with Crippen LogP contribution in [0.4, 0.5) is 0 Å². The summed E-state index contributed by atoms with van der Waals surface area (Å²) in [6, 6.07) is 0. The Morgan fingerprint density at radius 1 is 1.00 bits per heavy atom. The molecule has 0 aromatic carbocycles. The van der Waals surface area contributed by atoms with E-state index >= 15 is 0 Å². The quantitative estimate of drug-likeness (QED) is 0.667. The molecule has 5 aliphatic rings. The maximum absolute atomic E-state index is 11.2. The average Bonchev–Trinajstić information content (AvgIpc) is 3.10. The van der Waals surface area contributed by atoms with E-state index in [-0.39, 0.29) is 42.7 Å². The number of hydrogen-bond donors (Lipinski definition) is 0. The topological polar surface area (TPSA) is 80.3 Å². The van der Waals surface area contributed by atoms with Crippen LogP contribution in [0.5, 0.6) is 0 Å². The van der Waals surface area contributed by atoms with Crippen LogP contribution in [-0.4, -0.2) is 63.2 Å². The van der Waals surface area contributed by atoms with Crippen molar-refractivity contribution in [1.82, 2.24) is 0 Å². The largest absolute Gasteiger partial charge is 0.369 e. The number of ether oxygens (including phenoxy) is 4. The van der Waals surface area contributed by atoms with Crippen molar-refractivity contribution in [3.8, 4) is 0 Å². The predicted molar refractivity (Wildman–Crippen MR) is 95.7 cm³/mol. The molecule has 2 spiro atoms. The van der Waals surface area contributed by atoms with Gasteiger partial charge in [0.2, 0.25) is 0 Å². The lowest BCUT2D eigenvalue weighted by Gasteiger charge is -2.44. The maximum atomic E-state index is 11.2. The third-order valence-corrected chi connectivity index (χ3v) is 7.57. The molecule has 5 rings (SSSR count). The Morgan fingerprint density at radius 3 is 2.56 bits per heavy atom. The van der Waals surface area contributed by atoms with Crippen LogP contribution in [0.2, 0.25) is 0 Å². The summed E-state index contributed by atoms with van der Waals surface area (Å²) in [5.41, 5.74) is -0.316. The highest BCUT2D eigenvalue weighted by Gasteiger charge is 2.65. The molecule has 2 saturated carbocycles. The minimum absolute atomic E-state index is 0.00728. The van der Waals surface area contributed by atoms with Crippen LogP contribution in [0.1, 0.15) is 64.2 Å². The maximum Gasteiger partial charge on any atom is 0.264 e. The summed E-state index contributed by atoms with van der Waals surface area (Å²) >= 11 is 0. The Labute approximate surface area is 161 Å². The van der Waals surface area contributed by atoms with Gasteiger partial charge in [-0.25, -0.2) is 0 Å². The predicted octanol–water partition coefficient (Wildman–Crippen LogP) is 2.28. The molecule has 6 atom stereocenters. The molecule has 8 heteroatoms. The van der Waals surface area contributed by atoms with Crippen LogP contribution >= 0.6 is 0 Å². The molecular formula is C19H30O7S. The Bertz CT molecular complexity index is 674. The van der Waals surface area contributed by atoms with Crippen LogP contribution in [0.25, 0.3) is 0 Å². The molecule has 4 unspecified atom stereocenters. The second-order valence-corrected chi connectivity index (χ2v) is 10.6. The molecule has 154 valence electrons. The van der Waals surface area contributed by atoms with Gasteiger partial charge in [-0.05, 0) is 32.1 Å². The second-order valence-electron chi connectivity index (χ2n) is 8.98. The normalized spacial score (nSPS) is 45.6. The first kappa shape index (κ1) is 18.8. The van der Waals surface area contributed by atoms with Crippen molar-refractivity contribution >= 4 is 10.1 Å². The second kappa shape index (κ2) is 6.64. The molecule has 0 amide bonds. The average molecular weight is 403 g/mol. The molecule has 0 aromatic rings. The van der Waals surface area contributed by atoms with Crippen molar-refractivity contribution in [2.75, 3.05) is 12.9 Å². The van der Waals surface area contributed by atoms with Gasteiger partial charge in [-0.2, -0.15) is 8.42 Å². The van der Waals surface area contributed by atoms with Gasteiger partial charge in [-0.15, -0.1) is 0 Å². The van der Waals surface area contributed by atoms with Crippen molar-refractivity contribution in [2.45, 2.75) is 106 Å². The Morgan fingerprint density at radius 2 is 1.78 bits per heavy atom. The zero-order valence-electron chi connectivity index (χ0n) is 15.9. The van der Waals surface area contributed by atoms with Crippen LogP contribution < -0.4 is 0 Å². The number of rotatable bonds is 4. The molecule has 7 nitrogen and oxygen atoms in total. The highest BCUT2D eigenvalue weighted by molar-refractivity contribution is 7.85. The van der Waals surface area contributed by atoms with Gasteiger partial charge >= 0.3 is 0 Å². The Hall–Kier alpha value is -0.250. The van der Waals surface area contributed by atoms with Gasteiger partial charge in [0.15, 0.2) is 5.79 Å². The van der Waals surface area contributed by atoms with Crippen LogP contribution in [0, 0.1) is 0 Å². The summed E-state index contributed by atoms with van der Waals surface area (Å²) in [5.74, 6) is -0.398. The van der Waals surface area contributed by atoms with E-state index in [2.05, 4.69) is 0 Å². The minimum Gasteiger partial charge on any atom is -0.369 e. The zero-order valence-corrected chi connectivity index (χ0v) is 16.7. The van der Waals surface area contributed by atoms with Gasteiger partial charge in [0.05, 0.1) is 42.9 Å². The highest BCUT2D eigenvalue weighted by atomic mass is 32.2. The third-order valence-electron chi connectivity index (χ3n) is 6.97. The molecule has 2 aliphatic carbocycles. The molecule has 0 aromatic heterocycles.